The molecule has 1 aromatic rings. The number of nitrogens with one attached hydrogen (secondary N) is 1. The molecule has 9 heteroatoms. The Balaban J connectivity index is 0.00000212. The summed E-state index contributed by atoms with van der Waals surface area (Å²) < 4.78 is 0. The maximum atomic E-state index is 11.6. The molecule has 1 aliphatic heterocycles. The minimum absolute atomic E-state index is 0.00357. The van der Waals surface area contributed by atoms with Crippen molar-refractivity contribution in [3.8, 4) is 0 Å². The minimum atomic E-state index is -0.840. The highest BCUT2D eigenvalue weighted by atomic mass is 16.4. The molecule has 0 atom stereocenters. The van der Waals surface area contributed by atoms with Crippen molar-refractivity contribution in [1.82, 2.24) is 20.0 Å². The third kappa shape index (κ3) is 11.6. The molecule has 9 nitrogen and oxygen atoms in total. The first-order chi connectivity index (χ1) is 15.0. The third-order valence-electron chi connectivity index (χ3n) is 4.74. The van der Waals surface area contributed by atoms with Gasteiger partial charge in [0.1, 0.15) is 6.29 Å². The summed E-state index contributed by atoms with van der Waals surface area (Å²) >= 11 is 0. The van der Waals surface area contributed by atoms with Crippen molar-refractivity contribution in [3.63, 3.8) is 0 Å². The lowest BCUT2D eigenvalue weighted by Gasteiger charge is -2.25. The Morgan fingerprint density at radius 2 is 1.42 bits per heavy atom. The molecule has 0 unspecified atom stereocenters. The summed E-state index contributed by atoms with van der Waals surface area (Å²) in [4.78, 5) is 39.9. The van der Waals surface area contributed by atoms with Crippen LogP contribution in [0.5, 0.6) is 0 Å². The van der Waals surface area contributed by atoms with Gasteiger partial charge in [-0.3, -0.25) is 24.3 Å². The van der Waals surface area contributed by atoms with Gasteiger partial charge in [0.15, 0.2) is 0 Å². The first-order valence-electron chi connectivity index (χ1n) is 10.6. The molecule has 0 radical (unpaired) electrons. The van der Waals surface area contributed by atoms with Crippen LogP contribution >= 0.6 is 0 Å². The van der Waals surface area contributed by atoms with Crippen molar-refractivity contribution >= 4 is 18.2 Å². The van der Waals surface area contributed by atoms with Crippen molar-refractivity contribution < 1.29 is 24.6 Å². The van der Waals surface area contributed by atoms with Crippen molar-refractivity contribution in [2.24, 2.45) is 0 Å². The lowest BCUT2D eigenvalue weighted by atomic mass is 10.1. The summed E-state index contributed by atoms with van der Waals surface area (Å²) in [6.07, 6.45) is 0.890. The first-order valence-corrected chi connectivity index (χ1v) is 10.6. The van der Waals surface area contributed by atoms with Gasteiger partial charge in [0.05, 0.1) is 13.1 Å². The van der Waals surface area contributed by atoms with E-state index in [0.29, 0.717) is 38.3 Å². The third-order valence-corrected chi connectivity index (χ3v) is 4.74. The molecule has 0 spiro atoms. The molecule has 1 saturated heterocycles. The fraction of sp³-hybridized carbons (Fsp3) is 0.591. The SMILES string of the molecule is CC.CNC(=O)c1ccc(CN2CCN(CC=O)CCN(CC(=O)O)CC2)cc1.CO. The van der Waals surface area contributed by atoms with E-state index >= 15 is 0 Å². The van der Waals surface area contributed by atoms with E-state index in [2.05, 4.69) is 15.1 Å². The minimum Gasteiger partial charge on any atom is -0.480 e. The van der Waals surface area contributed by atoms with Gasteiger partial charge in [0.25, 0.3) is 5.91 Å². The Hall–Kier alpha value is -2.33. The second-order valence-electron chi connectivity index (χ2n) is 6.69. The maximum Gasteiger partial charge on any atom is 0.317 e. The number of aliphatic hydroxyl groups is 1. The fourth-order valence-corrected chi connectivity index (χ4v) is 3.14. The van der Waals surface area contributed by atoms with Crippen LogP contribution < -0.4 is 5.32 Å². The predicted molar refractivity (Wildman–Crippen MR) is 121 cm³/mol. The molecule has 1 amide bonds. The molecule has 0 bridgehead atoms. The monoisotopic (exact) mass is 438 g/mol. The number of carbonyl (C=O) groups is 3. The van der Waals surface area contributed by atoms with E-state index in [4.69, 9.17) is 10.2 Å². The number of amides is 1. The van der Waals surface area contributed by atoms with E-state index in [-0.39, 0.29) is 12.5 Å². The highest BCUT2D eigenvalue weighted by molar-refractivity contribution is 5.93. The van der Waals surface area contributed by atoms with Crippen LogP contribution in [0.3, 0.4) is 0 Å². The van der Waals surface area contributed by atoms with E-state index in [1.165, 1.54) is 0 Å². The van der Waals surface area contributed by atoms with Crippen molar-refractivity contribution in [2.45, 2.75) is 20.4 Å². The number of benzene rings is 1. The number of rotatable bonds is 7. The lowest BCUT2D eigenvalue weighted by molar-refractivity contribution is -0.138. The standard InChI is InChI=1S/C19H28N4O4.C2H6.CH4O/c1-20-19(27)17-4-2-16(3-5-17)14-22-8-6-21(12-13-24)7-9-23(11-10-22)15-18(25)26;2*1-2/h2-5,13H,6-12,14-15H2,1H3,(H,20,27)(H,25,26);1-2H3;2H,1H3. The first kappa shape index (κ1) is 28.7. The smallest absolute Gasteiger partial charge is 0.317 e. The van der Waals surface area contributed by atoms with Gasteiger partial charge in [0.2, 0.25) is 0 Å². The number of nitrogens with zero attached hydrogens (tertiary/aromatic N) is 3. The number of carboxylic acid groups (broad SMARTS) is 1. The van der Waals surface area contributed by atoms with Gasteiger partial charge in [-0.15, -0.1) is 0 Å². The molecule has 31 heavy (non-hydrogen) atoms. The van der Waals surface area contributed by atoms with Crippen LogP contribution in [0.15, 0.2) is 24.3 Å². The molecule has 1 aliphatic rings. The van der Waals surface area contributed by atoms with Crippen LogP contribution in [-0.2, 0) is 16.1 Å². The normalized spacial score (nSPS) is 15.6. The summed E-state index contributed by atoms with van der Waals surface area (Å²) in [6.45, 7) is 9.36. The topological polar surface area (TPSA) is 113 Å². The number of hydrogen-bond donors (Lipinski definition) is 3. The van der Waals surface area contributed by atoms with Crippen LogP contribution in [-0.4, -0.2) is 110 Å². The zero-order valence-electron chi connectivity index (χ0n) is 19.2. The van der Waals surface area contributed by atoms with Crippen LogP contribution in [0.2, 0.25) is 0 Å². The Bertz CT molecular complexity index is 639. The fourth-order valence-electron chi connectivity index (χ4n) is 3.14. The average Bonchev–Trinajstić information content (AvgIpc) is 2.88. The predicted octanol–water partition coefficient (Wildman–Crippen LogP) is 0.384. The van der Waals surface area contributed by atoms with Gasteiger partial charge in [-0.1, -0.05) is 26.0 Å². The summed E-state index contributed by atoms with van der Waals surface area (Å²) in [5.41, 5.74) is 1.71. The molecular weight excluding hydrogens is 400 g/mol. The van der Waals surface area contributed by atoms with E-state index < -0.39 is 5.97 Å². The van der Waals surface area contributed by atoms with Crippen LogP contribution in [0.25, 0.3) is 0 Å². The molecule has 1 fully saturated rings. The zero-order chi connectivity index (χ0) is 23.6. The van der Waals surface area contributed by atoms with Crippen LogP contribution in [0.1, 0.15) is 29.8 Å². The zero-order valence-corrected chi connectivity index (χ0v) is 19.2. The molecule has 0 saturated carbocycles. The van der Waals surface area contributed by atoms with Crippen molar-refractivity contribution in [1.29, 1.82) is 0 Å². The Morgan fingerprint density at radius 3 is 1.87 bits per heavy atom. The van der Waals surface area contributed by atoms with Crippen molar-refractivity contribution in [3.05, 3.63) is 35.4 Å². The van der Waals surface area contributed by atoms with Crippen molar-refractivity contribution in [2.75, 3.05) is 66.5 Å². The summed E-state index contributed by atoms with van der Waals surface area (Å²) in [5.74, 6) is -0.953. The van der Waals surface area contributed by atoms with Gasteiger partial charge in [-0.25, -0.2) is 0 Å². The Morgan fingerprint density at radius 1 is 0.935 bits per heavy atom. The quantitative estimate of drug-likeness (QED) is 0.524. The van der Waals surface area contributed by atoms with E-state index in [0.717, 1.165) is 38.6 Å². The number of carbonyl (C=O) groups excluding carboxylic acids is 2. The highest BCUT2D eigenvalue weighted by Gasteiger charge is 2.18. The molecule has 0 aliphatic carbocycles. The molecule has 176 valence electrons. The highest BCUT2D eigenvalue weighted by Crippen LogP contribution is 2.09. The Labute approximate surface area is 185 Å². The van der Waals surface area contributed by atoms with Gasteiger partial charge in [-0.05, 0) is 17.7 Å². The molecule has 1 heterocycles. The molecule has 1 aromatic carbocycles. The van der Waals surface area contributed by atoms with Gasteiger partial charge in [-0.2, -0.15) is 0 Å². The molecule has 2 rings (SSSR count). The molecule has 0 aromatic heterocycles. The van der Waals surface area contributed by atoms with E-state index in [1.54, 1.807) is 19.2 Å². The largest absolute Gasteiger partial charge is 0.480 e. The summed E-state index contributed by atoms with van der Waals surface area (Å²) in [7, 11) is 2.60. The molecular formula is C22H38N4O5. The number of hydrogen-bond acceptors (Lipinski definition) is 7. The van der Waals surface area contributed by atoms with E-state index in [1.807, 2.05) is 30.9 Å². The second-order valence-corrected chi connectivity index (χ2v) is 6.69. The van der Waals surface area contributed by atoms with E-state index in [9.17, 15) is 14.4 Å². The summed E-state index contributed by atoms with van der Waals surface area (Å²) in [6, 6.07) is 7.49. The lowest BCUT2D eigenvalue weighted by Crippen LogP contribution is -2.39. The van der Waals surface area contributed by atoms with Crippen LogP contribution in [0, 0.1) is 0 Å². The van der Waals surface area contributed by atoms with Crippen LogP contribution in [0.4, 0.5) is 0 Å². The number of aliphatic carboxylic acids is 1. The average molecular weight is 439 g/mol. The van der Waals surface area contributed by atoms with Gasteiger partial charge >= 0.3 is 5.97 Å². The second kappa shape index (κ2) is 17.4. The number of carboxylic acids is 1. The number of aldehydes is 1. The number of aliphatic hydroxyl groups excluding tert-OH is 1. The Kier molecular flexibility index (Phi) is 16.1. The molecule has 3 N–H and O–H groups in total. The maximum absolute atomic E-state index is 11.6. The van der Waals surface area contributed by atoms with Gasteiger partial charge < -0.3 is 20.3 Å². The summed E-state index contributed by atoms with van der Waals surface area (Å²) in [5, 5.41) is 18.7. The van der Waals surface area contributed by atoms with Gasteiger partial charge in [0, 0.05) is 65.5 Å².